The molecular weight excluding hydrogens is 276 g/mol. The molecule has 1 amide bonds. The number of nitrogens with zero attached hydrogens (tertiary/aromatic N) is 3. The van der Waals surface area contributed by atoms with Crippen LogP contribution in [0, 0.1) is 6.92 Å². The molecule has 0 fully saturated rings. The predicted octanol–water partition coefficient (Wildman–Crippen LogP) is 2.94. The molecule has 2 heterocycles. The van der Waals surface area contributed by atoms with E-state index in [0.29, 0.717) is 22.1 Å². The third-order valence-electron chi connectivity index (χ3n) is 2.83. The van der Waals surface area contributed by atoms with Crippen LogP contribution in [0.3, 0.4) is 0 Å². The van der Waals surface area contributed by atoms with E-state index in [4.69, 9.17) is 11.6 Å². The minimum atomic E-state index is -0.284. The predicted molar refractivity (Wildman–Crippen MR) is 77.1 cm³/mol. The van der Waals surface area contributed by atoms with Crippen LogP contribution in [0.1, 0.15) is 16.2 Å². The van der Waals surface area contributed by atoms with Gasteiger partial charge in [0.2, 0.25) is 0 Å². The third kappa shape index (κ3) is 2.23. The second-order valence-corrected chi connectivity index (χ2v) is 4.73. The molecule has 1 aromatic carbocycles. The molecule has 6 heteroatoms. The number of benzene rings is 1. The number of aromatic nitrogens is 3. The van der Waals surface area contributed by atoms with E-state index < -0.39 is 0 Å². The highest BCUT2D eigenvalue weighted by Crippen LogP contribution is 2.21. The lowest BCUT2D eigenvalue weighted by Crippen LogP contribution is -2.17. The first-order valence-electron chi connectivity index (χ1n) is 6.02. The van der Waals surface area contributed by atoms with Gasteiger partial charge in [-0.1, -0.05) is 23.7 Å². The lowest BCUT2D eigenvalue weighted by atomic mass is 10.3. The zero-order valence-electron chi connectivity index (χ0n) is 10.7. The highest BCUT2D eigenvalue weighted by molar-refractivity contribution is 6.33. The summed E-state index contributed by atoms with van der Waals surface area (Å²) in [4.78, 5) is 16.5. The largest absolute Gasteiger partial charge is 0.319 e. The molecule has 0 aliphatic rings. The van der Waals surface area contributed by atoms with E-state index in [1.54, 1.807) is 30.5 Å². The Kier molecular flexibility index (Phi) is 3.12. The number of hydrogen-bond acceptors (Lipinski definition) is 3. The van der Waals surface area contributed by atoms with Gasteiger partial charge in [0.15, 0.2) is 5.65 Å². The Morgan fingerprint density at radius 2 is 2.10 bits per heavy atom. The molecule has 3 rings (SSSR count). The van der Waals surface area contributed by atoms with Gasteiger partial charge in [0.25, 0.3) is 5.91 Å². The van der Waals surface area contributed by atoms with Gasteiger partial charge in [-0.15, -0.1) is 0 Å². The van der Waals surface area contributed by atoms with Gasteiger partial charge in [-0.3, -0.25) is 4.79 Å². The van der Waals surface area contributed by atoms with E-state index in [1.165, 1.54) is 4.52 Å². The van der Waals surface area contributed by atoms with Crippen molar-refractivity contribution in [2.24, 2.45) is 0 Å². The van der Waals surface area contributed by atoms with Crippen LogP contribution in [0.25, 0.3) is 5.65 Å². The maximum atomic E-state index is 12.3. The summed E-state index contributed by atoms with van der Waals surface area (Å²) in [6, 6.07) is 10.5. The van der Waals surface area contributed by atoms with Gasteiger partial charge in [-0.25, -0.2) is 9.50 Å². The molecule has 0 bridgehead atoms. The average molecular weight is 287 g/mol. The van der Waals surface area contributed by atoms with Crippen molar-refractivity contribution in [3.63, 3.8) is 0 Å². The Hall–Kier alpha value is -2.40. The molecule has 3 aromatic rings. The molecule has 100 valence electrons. The first kappa shape index (κ1) is 12.6. The fraction of sp³-hybridized carbons (Fsp3) is 0.0714. The molecule has 0 spiro atoms. The summed E-state index contributed by atoms with van der Waals surface area (Å²) in [5.74, 6) is -0.284. The lowest BCUT2D eigenvalue weighted by Gasteiger charge is -2.07. The van der Waals surface area contributed by atoms with Crippen molar-refractivity contribution in [2.75, 3.05) is 5.32 Å². The highest BCUT2D eigenvalue weighted by atomic mass is 35.5. The monoisotopic (exact) mass is 286 g/mol. The summed E-state index contributed by atoms with van der Waals surface area (Å²) in [7, 11) is 0. The van der Waals surface area contributed by atoms with E-state index >= 15 is 0 Å². The number of carbonyl (C=O) groups is 1. The number of rotatable bonds is 2. The van der Waals surface area contributed by atoms with Gasteiger partial charge in [0.05, 0.1) is 16.4 Å². The molecule has 0 aliphatic heterocycles. The van der Waals surface area contributed by atoms with Crippen LogP contribution in [0.15, 0.2) is 42.6 Å². The number of aryl methyl sites for hydroxylation is 1. The number of para-hydroxylation sites is 1. The first-order chi connectivity index (χ1) is 9.65. The zero-order chi connectivity index (χ0) is 14.1. The van der Waals surface area contributed by atoms with Gasteiger partial charge in [-0.2, -0.15) is 5.10 Å². The van der Waals surface area contributed by atoms with Crippen molar-refractivity contribution >= 4 is 28.8 Å². The Labute approximate surface area is 120 Å². The molecule has 1 N–H and O–H groups in total. The number of nitrogens with one attached hydrogen (secondary N) is 1. The smallest absolute Gasteiger partial charge is 0.274 e. The van der Waals surface area contributed by atoms with E-state index in [2.05, 4.69) is 15.4 Å². The van der Waals surface area contributed by atoms with Gasteiger partial charge in [0.1, 0.15) is 5.69 Å². The van der Waals surface area contributed by atoms with E-state index in [0.717, 1.165) is 5.69 Å². The van der Waals surface area contributed by atoms with E-state index in [1.807, 2.05) is 19.1 Å². The van der Waals surface area contributed by atoms with Crippen molar-refractivity contribution in [3.8, 4) is 0 Å². The van der Waals surface area contributed by atoms with Crippen molar-refractivity contribution in [2.45, 2.75) is 6.92 Å². The lowest BCUT2D eigenvalue weighted by molar-refractivity contribution is 0.102. The Morgan fingerprint density at radius 3 is 2.90 bits per heavy atom. The SMILES string of the molecule is Cc1cc2nccc(C(=O)Nc3ccccc3Cl)n2n1. The van der Waals surface area contributed by atoms with Crippen LogP contribution in [0.5, 0.6) is 0 Å². The number of fused-ring (bicyclic) bond motifs is 1. The summed E-state index contributed by atoms with van der Waals surface area (Å²) in [5.41, 5.74) is 2.40. The summed E-state index contributed by atoms with van der Waals surface area (Å²) in [5, 5.41) is 7.52. The fourth-order valence-corrected chi connectivity index (χ4v) is 2.11. The maximum Gasteiger partial charge on any atom is 0.274 e. The first-order valence-corrected chi connectivity index (χ1v) is 6.40. The van der Waals surface area contributed by atoms with Crippen molar-refractivity contribution in [1.29, 1.82) is 0 Å². The van der Waals surface area contributed by atoms with Gasteiger partial charge < -0.3 is 5.32 Å². The van der Waals surface area contributed by atoms with Gasteiger partial charge in [-0.05, 0) is 25.1 Å². The Morgan fingerprint density at radius 1 is 1.30 bits per heavy atom. The standard InChI is InChI=1S/C14H11ClN4O/c1-9-8-13-16-7-6-12(19(13)18-9)14(20)17-11-5-3-2-4-10(11)15/h2-8H,1H3,(H,17,20). The summed E-state index contributed by atoms with van der Waals surface area (Å²) < 4.78 is 1.52. The highest BCUT2D eigenvalue weighted by Gasteiger charge is 2.13. The molecule has 5 nitrogen and oxygen atoms in total. The second-order valence-electron chi connectivity index (χ2n) is 4.32. The van der Waals surface area contributed by atoms with Crippen LogP contribution in [-0.2, 0) is 0 Å². The van der Waals surface area contributed by atoms with Crippen molar-refractivity contribution < 1.29 is 4.79 Å². The van der Waals surface area contributed by atoms with Crippen LogP contribution in [-0.4, -0.2) is 20.5 Å². The molecule has 0 radical (unpaired) electrons. The topological polar surface area (TPSA) is 59.3 Å². The minimum Gasteiger partial charge on any atom is -0.319 e. The molecule has 0 saturated carbocycles. The number of hydrogen-bond donors (Lipinski definition) is 1. The fourth-order valence-electron chi connectivity index (χ4n) is 1.93. The number of halogens is 1. The molecular formula is C14H11ClN4O. The number of amides is 1. The molecule has 0 atom stereocenters. The average Bonchev–Trinajstić information content (AvgIpc) is 2.81. The zero-order valence-corrected chi connectivity index (χ0v) is 11.4. The molecule has 20 heavy (non-hydrogen) atoms. The molecule has 2 aromatic heterocycles. The van der Waals surface area contributed by atoms with Crippen LogP contribution >= 0.6 is 11.6 Å². The Balaban J connectivity index is 1.99. The van der Waals surface area contributed by atoms with Crippen LogP contribution in [0.4, 0.5) is 5.69 Å². The maximum absolute atomic E-state index is 12.3. The van der Waals surface area contributed by atoms with Crippen molar-refractivity contribution in [3.05, 3.63) is 59.0 Å². The normalized spacial score (nSPS) is 10.7. The minimum absolute atomic E-state index is 0.284. The molecule has 0 aliphatic carbocycles. The molecule has 0 saturated heterocycles. The second kappa shape index (κ2) is 4.94. The van der Waals surface area contributed by atoms with Gasteiger partial charge in [0, 0.05) is 12.3 Å². The summed E-state index contributed by atoms with van der Waals surface area (Å²) in [6.07, 6.45) is 1.58. The number of carbonyl (C=O) groups excluding carboxylic acids is 1. The van der Waals surface area contributed by atoms with E-state index in [-0.39, 0.29) is 5.91 Å². The summed E-state index contributed by atoms with van der Waals surface area (Å²) >= 11 is 6.03. The van der Waals surface area contributed by atoms with E-state index in [9.17, 15) is 4.79 Å². The van der Waals surface area contributed by atoms with Crippen LogP contribution in [0.2, 0.25) is 5.02 Å². The van der Waals surface area contributed by atoms with Gasteiger partial charge >= 0.3 is 0 Å². The van der Waals surface area contributed by atoms with Crippen molar-refractivity contribution in [1.82, 2.24) is 14.6 Å². The third-order valence-corrected chi connectivity index (χ3v) is 3.16. The number of anilines is 1. The summed E-state index contributed by atoms with van der Waals surface area (Å²) in [6.45, 7) is 1.85. The van der Waals surface area contributed by atoms with Crippen LogP contribution < -0.4 is 5.32 Å². The Bertz CT molecular complexity index is 797. The quantitative estimate of drug-likeness (QED) is 0.788. The molecule has 0 unspecified atom stereocenters.